The summed E-state index contributed by atoms with van der Waals surface area (Å²) in [5.74, 6) is -2.30. The maximum atomic E-state index is 13.1. The van der Waals surface area contributed by atoms with Crippen LogP contribution in [0.1, 0.15) is 285 Å². The van der Waals surface area contributed by atoms with Crippen LogP contribution in [0.5, 0.6) is 0 Å². The summed E-state index contributed by atoms with van der Waals surface area (Å²) in [4.78, 5) is 72.9. The summed E-state index contributed by atoms with van der Waals surface area (Å²) in [6.07, 6.45) is 85.2. The number of phosphoric acid groups is 2. The number of unbranched alkanes of at least 4 members (excludes halogenated alkanes) is 19. The van der Waals surface area contributed by atoms with Crippen molar-refractivity contribution >= 4 is 39.5 Å². The molecule has 0 radical (unpaired) electrons. The number of aliphatic hydroxyl groups excluding tert-OH is 1. The minimum absolute atomic E-state index is 0.0289. The Labute approximate surface area is 617 Å². The van der Waals surface area contributed by atoms with Crippen molar-refractivity contribution < 1.29 is 80.2 Å². The maximum Gasteiger partial charge on any atom is 0.472 e. The van der Waals surface area contributed by atoms with Gasteiger partial charge in [0.1, 0.15) is 19.3 Å². The molecule has 0 aromatic heterocycles. The molecule has 0 bridgehead atoms. The minimum atomic E-state index is -5.00. The highest BCUT2D eigenvalue weighted by Gasteiger charge is 2.30. The van der Waals surface area contributed by atoms with Crippen LogP contribution in [0.25, 0.3) is 0 Å². The third-order valence-corrected chi connectivity index (χ3v) is 17.3. The van der Waals surface area contributed by atoms with E-state index >= 15 is 0 Å². The van der Waals surface area contributed by atoms with Crippen molar-refractivity contribution in [3.05, 3.63) is 158 Å². The van der Waals surface area contributed by atoms with Gasteiger partial charge in [-0.2, -0.15) is 0 Å². The zero-order valence-electron chi connectivity index (χ0n) is 63.2. The number of phosphoric ester groups is 2. The summed E-state index contributed by atoms with van der Waals surface area (Å²) in [5.41, 5.74) is 0. The highest BCUT2D eigenvalue weighted by atomic mass is 31.2. The zero-order chi connectivity index (χ0) is 74.6. The van der Waals surface area contributed by atoms with Crippen LogP contribution >= 0.6 is 15.6 Å². The predicted molar refractivity (Wildman–Crippen MR) is 417 cm³/mol. The van der Waals surface area contributed by atoms with E-state index in [1.165, 1.54) is 19.3 Å². The Morgan fingerprint density at radius 1 is 0.284 bits per heavy atom. The monoisotopic (exact) mass is 1470 g/mol. The van der Waals surface area contributed by atoms with Gasteiger partial charge in [0.15, 0.2) is 12.2 Å². The molecule has 0 saturated heterocycles. The normalized spacial score (nSPS) is 14.8. The molecule has 0 spiro atoms. The molecule has 5 unspecified atom stereocenters. The van der Waals surface area contributed by atoms with Gasteiger partial charge in [0.05, 0.1) is 26.4 Å². The number of ether oxygens (including phenoxy) is 4. The molecule has 580 valence electrons. The number of esters is 4. The van der Waals surface area contributed by atoms with Gasteiger partial charge in [-0.25, -0.2) is 9.13 Å². The first-order chi connectivity index (χ1) is 49.7. The SMILES string of the molecule is CC/C=C\C/C=C\C/C=C\C/C=C\C/C=C\CCCCCC(=O)OCC(COP(=O)(O)OCC(O)COP(=O)(O)OCC(COC(=O)CCCCCCC/C=C\C/C=C\CCCCC)OC(=O)CCCCCCC/C=C\C/C=C\CCC)OC(=O)CCCC/C=C\C/C=C\C/C=C\C/C=C\CC. The first-order valence-corrected chi connectivity index (χ1v) is 41.7. The molecule has 17 nitrogen and oxygen atoms in total. The zero-order valence-corrected chi connectivity index (χ0v) is 65.0. The molecule has 0 aromatic carbocycles. The van der Waals surface area contributed by atoms with Crippen molar-refractivity contribution in [2.45, 2.75) is 303 Å². The number of hydrogen-bond acceptors (Lipinski definition) is 15. The molecule has 0 saturated carbocycles. The third kappa shape index (κ3) is 73.0. The van der Waals surface area contributed by atoms with Gasteiger partial charge in [-0.15, -0.1) is 0 Å². The minimum Gasteiger partial charge on any atom is -0.462 e. The molecule has 102 heavy (non-hydrogen) atoms. The molecular formula is C83H136O17P2. The quantitative estimate of drug-likeness (QED) is 0.0169. The van der Waals surface area contributed by atoms with Gasteiger partial charge in [-0.1, -0.05) is 250 Å². The summed E-state index contributed by atoms with van der Waals surface area (Å²) in [7, 11) is -9.99. The molecule has 19 heteroatoms. The van der Waals surface area contributed by atoms with E-state index < -0.39 is 97.5 Å². The standard InChI is InChI=1S/C83H136O17P2/c1-5-9-13-17-21-25-29-33-36-37-38-39-42-45-48-52-56-60-64-68-81(86)94-74-79(100-83(88)70-66-62-58-54-50-46-41-35-31-27-23-19-15-11-7-3)76-98-102(91,92)96-72-77(84)71-95-101(89,90)97-75-78(99-82(87)69-65-61-57-53-49-43-32-28-24-20-16-12-8-4)73-93-80(85)67-63-59-55-51-47-44-40-34-30-26-22-18-14-10-6-2/h9,11,13,15-16,20-23,25-28,32-36,38-41,45,48,50,54,77-79,84H,5-8,10,12,14,17-19,24,29-31,37,42-44,46-47,49,51-53,55-76H2,1-4H3,(H,89,90)(H,91,92)/b13-9-,15-11-,20-16-,25-21-,26-22-,27-23-,32-28-,36-33-,39-38-,40-34-,41-35-,48-45-,54-50-. The van der Waals surface area contributed by atoms with Crippen molar-refractivity contribution in [3.63, 3.8) is 0 Å². The number of carbonyl (C=O) groups excluding carboxylic acids is 4. The van der Waals surface area contributed by atoms with E-state index in [9.17, 15) is 43.2 Å². The van der Waals surface area contributed by atoms with Gasteiger partial charge in [0.2, 0.25) is 0 Å². The Morgan fingerprint density at radius 2 is 0.529 bits per heavy atom. The van der Waals surface area contributed by atoms with E-state index in [-0.39, 0.29) is 25.7 Å². The second-order valence-electron chi connectivity index (χ2n) is 25.2. The molecule has 0 rings (SSSR count). The van der Waals surface area contributed by atoms with E-state index in [2.05, 4.69) is 186 Å². The van der Waals surface area contributed by atoms with Crippen molar-refractivity contribution in [1.29, 1.82) is 0 Å². The second-order valence-corrected chi connectivity index (χ2v) is 28.1. The number of carbonyl (C=O) groups is 4. The van der Waals surface area contributed by atoms with Crippen LogP contribution in [0, 0.1) is 0 Å². The summed E-state index contributed by atoms with van der Waals surface area (Å²) in [5, 5.41) is 10.6. The van der Waals surface area contributed by atoms with Crippen LogP contribution in [0.15, 0.2) is 158 Å². The average Bonchev–Trinajstić information content (AvgIpc) is 0.924. The fraction of sp³-hybridized carbons (Fsp3) is 0.639. The molecule has 0 fully saturated rings. The van der Waals surface area contributed by atoms with Crippen LogP contribution in [-0.2, 0) is 65.4 Å². The Morgan fingerprint density at radius 3 is 0.853 bits per heavy atom. The van der Waals surface area contributed by atoms with Crippen molar-refractivity contribution in [2.75, 3.05) is 39.6 Å². The van der Waals surface area contributed by atoms with Crippen LogP contribution in [0.2, 0.25) is 0 Å². The first kappa shape index (κ1) is 96.7. The van der Waals surface area contributed by atoms with Crippen LogP contribution in [-0.4, -0.2) is 96.7 Å². The van der Waals surface area contributed by atoms with E-state index in [1.54, 1.807) is 0 Å². The third-order valence-electron chi connectivity index (χ3n) is 15.4. The maximum absolute atomic E-state index is 13.1. The molecule has 0 aliphatic heterocycles. The van der Waals surface area contributed by atoms with E-state index in [1.807, 2.05) is 0 Å². The van der Waals surface area contributed by atoms with Crippen molar-refractivity contribution in [1.82, 2.24) is 0 Å². The molecule has 0 aliphatic carbocycles. The summed E-state index contributed by atoms with van der Waals surface area (Å²) in [6, 6.07) is 0. The van der Waals surface area contributed by atoms with E-state index in [4.69, 9.17) is 37.0 Å². The largest absolute Gasteiger partial charge is 0.472 e. The fourth-order valence-corrected chi connectivity index (χ4v) is 11.2. The van der Waals surface area contributed by atoms with E-state index in [0.717, 1.165) is 180 Å². The van der Waals surface area contributed by atoms with Gasteiger partial charge in [-0.05, 0) is 167 Å². The fourth-order valence-electron chi connectivity index (χ4n) is 9.60. The van der Waals surface area contributed by atoms with Crippen LogP contribution < -0.4 is 0 Å². The number of aliphatic hydroxyl groups is 1. The van der Waals surface area contributed by atoms with Gasteiger partial charge in [0.25, 0.3) is 0 Å². The lowest BCUT2D eigenvalue weighted by molar-refractivity contribution is -0.161. The average molecular weight is 1470 g/mol. The van der Waals surface area contributed by atoms with Gasteiger partial charge < -0.3 is 33.8 Å². The summed E-state index contributed by atoms with van der Waals surface area (Å²) in [6.45, 7) is 4.42. The number of allylic oxidation sites excluding steroid dienone is 26. The Balaban J connectivity index is 5.45. The van der Waals surface area contributed by atoms with Crippen LogP contribution in [0.3, 0.4) is 0 Å². The highest BCUT2D eigenvalue weighted by Crippen LogP contribution is 2.45. The molecule has 0 aromatic rings. The predicted octanol–water partition coefficient (Wildman–Crippen LogP) is 22.4. The molecule has 5 atom stereocenters. The Bertz CT molecular complexity index is 2550. The molecule has 0 heterocycles. The molecule has 0 amide bonds. The smallest absolute Gasteiger partial charge is 0.462 e. The van der Waals surface area contributed by atoms with Crippen molar-refractivity contribution in [2.24, 2.45) is 0 Å². The second kappa shape index (κ2) is 74.0. The lowest BCUT2D eigenvalue weighted by Crippen LogP contribution is -2.30. The number of hydrogen-bond donors (Lipinski definition) is 3. The number of rotatable bonds is 71. The van der Waals surface area contributed by atoms with E-state index in [0.29, 0.717) is 32.1 Å². The molecular weight excluding hydrogens is 1330 g/mol. The van der Waals surface area contributed by atoms with Gasteiger partial charge in [-0.3, -0.25) is 37.3 Å². The summed E-state index contributed by atoms with van der Waals surface area (Å²) < 4.78 is 68.4. The molecule has 0 aliphatic rings. The van der Waals surface area contributed by atoms with Gasteiger partial charge in [0, 0.05) is 25.7 Å². The topological polar surface area (TPSA) is 237 Å². The highest BCUT2D eigenvalue weighted by molar-refractivity contribution is 7.47. The lowest BCUT2D eigenvalue weighted by Gasteiger charge is -2.21. The molecule has 3 N–H and O–H groups in total. The lowest BCUT2D eigenvalue weighted by atomic mass is 10.1. The Kier molecular flexibility index (Phi) is 70.1. The Hall–Kier alpha value is -5.32. The van der Waals surface area contributed by atoms with Crippen LogP contribution in [0.4, 0.5) is 0 Å². The van der Waals surface area contributed by atoms with Gasteiger partial charge >= 0.3 is 39.5 Å². The summed E-state index contributed by atoms with van der Waals surface area (Å²) >= 11 is 0. The first-order valence-electron chi connectivity index (χ1n) is 38.7. The van der Waals surface area contributed by atoms with Crippen molar-refractivity contribution in [3.8, 4) is 0 Å².